The molecule has 1 aromatic rings. The lowest BCUT2D eigenvalue weighted by molar-refractivity contribution is 0.122. The summed E-state index contributed by atoms with van der Waals surface area (Å²) in [6, 6.07) is 8.73. The van der Waals surface area contributed by atoms with Crippen molar-refractivity contribution in [3.63, 3.8) is 0 Å². The molecule has 0 radical (unpaired) electrons. The molecule has 0 amide bonds. The van der Waals surface area contributed by atoms with Gasteiger partial charge in [-0.1, -0.05) is 18.1 Å². The molecule has 3 nitrogen and oxygen atoms in total. The molecule has 0 bridgehead atoms. The lowest BCUT2D eigenvalue weighted by atomic mass is 10.2. The number of ether oxygens (including phenoxy) is 1. The fourth-order valence-electron chi connectivity index (χ4n) is 2.00. The summed E-state index contributed by atoms with van der Waals surface area (Å²) in [5, 5.41) is 3.29. The summed E-state index contributed by atoms with van der Waals surface area (Å²) in [5.74, 6) is 5.87. The molecule has 0 atom stereocenters. The van der Waals surface area contributed by atoms with Gasteiger partial charge in [0.05, 0.1) is 19.8 Å². The van der Waals surface area contributed by atoms with Crippen LogP contribution < -0.4 is 10.2 Å². The molecule has 18 heavy (non-hydrogen) atoms. The number of anilines is 1. The molecular weight excluding hydrogens is 224 g/mol. The van der Waals surface area contributed by atoms with E-state index in [0.29, 0.717) is 0 Å². The van der Waals surface area contributed by atoms with E-state index in [4.69, 9.17) is 4.74 Å². The number of benzene rings is 1. The van der Waals surface area contributed by atoms with Crippen molar-refractivity contribution < 1.29 is 4.74 Å². The highest BCUT2D eigenvalue weighted by molar-refractivity contribution is 5.47. The lowest BCUT2D eigenvalue weighted by Gasteiger charge is -2.28. The first-order chi connectivity index (χ1) is 8.90. The predicted octanol–water partition coefficient (Wildman–Crippen LogP) is 1.64. The van der Waals surface area contributed by atoms with Crippen LogP contribution in [0.2, 0.25) is 0 Å². The van der Waals surface area contributed by atoms with Crippen LogP contribution in [0.3, 0.4) is 0 Å². The molecule has 0 saturated carbocycles. The summed E-state index contributed by atoms with van der Waals surface area (Å²) in [6.45, 7) is 7.13. The van der Waals surface area contributed by atoms with Gasteiger partial charge >= 0.3 is 0 Å². The number of rotatable bonds is 4. The van der Waals surface area contributed by atoms with E-state index in [1.54, 1.807) is 0 Å². The van der Waals surface area contributed by atoms with Crippen LogP contribution >= 0.6 is 0 Å². The first kappa shape index (κ1) is 12.9. The molecule has 3 heteroatoms. The summed E-state index contributed by atoms with van der Waals surface area (Å²) in [4.78, 5) is 2.36. The minimum absolute atomic E-state index is 0.752. The van der Waals surface area contributed by atoms with Gasteiger partial charge in [-0.25, -0.2) is 0 Å². The summed E-state index contributed by atoms with van der Waals surface area (Å²) in [5.41, 5.74) is 2.58. The zero-order valence-electron chi connectivity index (χ0n) is 10.9. The van der Waals surface area contributed by atoms with Crippen LogP contribution in [-0.4, -0.2) is 32.8 Å². The van der Waals surface area contributed by atoms with E-state index in [-0.39, 0.29) is 0 Å². The third-order valence-electron chi connectivity index (χ3n) is 3.03. The molecule has 0 spiro atoms. The quantitative estimate of drug-likeness (QED) is 0.643. The highest BCUT2D eigenvalue weighted by Gasteiger charge is 2.10. The zero-order chi connectivity index (χ0) is 12.6. The van der Waals surface area contributed by atoms with Crippen LogP contribution in [0.25, 0.3) is 0 Å². The van der Waals surface area contributed by atoms with Crippen LogP contribution in [0.5, 0.6) is 0 Å². The molecule has 1 aliphatic heterocycles. The smallest absolute Gasteiger partial charge is 0.0642 e. The summed E-state index contributed by atoms with van der Waals surface area (Å²) in [6.07, 6.45) is 0. The Balaban J connectivity index is 1.85. The summed E-state index contributed by atoms with van der Waals surface area (Å²) >= 11 is 0. The van der Waals surface area contributed by atoms with Crippen molar-refractivity contribution >= 4 is 5.69 Å². The van der Waals surface area contributed by atoms with Crippen LogP contribution in [-0.2, 0) is 11.3 Å². The van der Waals surface area contributed by atoms with E-state index in [2.05, 4.69) is 46.3 Å². The number of morpholine rings is 1. The van der Waals surface area contributed by atoms with Crippen molar-refractivity contribution in [2.75, 3.05) is 37.7 Å². The Kier molecular flexibility index (Phi) is 5.07. The maximum atomic E-state index is 5.36. The Morgan fingerprint density at radius 1 is 1.22 bits per heavy atom. The molecule has 1 saturated heterocycles. The molecular formula is C15H20N2O. The van der Waals surface area contributed by atoms with Crippen molar-refractivity contribution in [3.8, 4) is 11.8 Å². The van der Waals surface area contributed by atoms with Crippen molar-refractivity contribution in [3.05, 3.63) is 29.8 Å². The first-order valence-corrected chi connectivity index (χ1v) is 6.42. The predicted molar refractivity (Wildman–Crippen MR) is 74.6 cm³/mol. The monoisotopic (exact) mass is 244 g/mol. The van der Waals surface area contributed by atoms with E-state index >= 15 is 0 Å². The average Bonchev–Trinajstić information content (AvgIpc) is 2.45. The normalized spacial score (nSPS) is 15.1. The molecule has 0 aliphatic carbocycles. The van der Waals surface area contributed by atoms with Gasteiger partial charge in [-0.3, -0.25) is 0 Å². The van der Waals surface area contributed by atoms with E-state index in [1.807, 2.05) is 6.92 Å². The van der Waals surface area contributed by atoms with Crippen molar-refractivity contribution in [2.45, 2.75) is 13.5 Å². The molecule has 1 heterocycles. The molecule has 0 unspecified atom stereocenters. The molecule has 1 aromatic carbocycles. The average molecular weight is 244 g/mol. The molecule has 1 fully saturated rings. The largest absolute Gasteiger partial charge is 0.378 e. The van der Waals surface area contributed by atoms with Crippen LogP contribution in [0.1, 0.15) is 12.5 Å². The first-order valence-electron chi connectivity index (χ1n) is 6.42. The molecule has 96 valence electrons. The van der Waals surface area contributed by atoms with E-state index in [1.165, 1.54) is 11.3 Å². The number of nitrogens with zero attached hydrogens (tertiary/aromatic N) is 1. The van der Waals surface area contributed by atoms with Crippen LogP contribution in [0, 0.1) is 11.8 Å². The van der Waals surface area contributed by atoms with Gasteiger partial charge in [0.1, 0.15) is 0 Å². The van der Waals surface area contributed by atoms with Gasteiger partial charge in [-0.2, -0.15) is 0 Å². The Morgan fingerprint density at radius 3 is 2.61 bits per heavy atom. The molecule has 0 aromatic heterocycles. The number of nitrogens with one attached hydrogen (secondary N) is 1. The third-order valence-corrected chi connectivity index (χ3v) is 3.03. The fourth-order valence-corrected chi connectivity index (χ4v) is 2.00. The molecule has 2 rings (SSSR count). The Hall–Kier alpha value is -1.50. The van der Waals surface area contributed by atoms with Gasteiger partial charge in [0.15, 0.2) is 0 Å². The Labute approximate surface area is 109 Å². The highest BCUT2D eigenvalue weighted by Crippen LogP contribution is 2.16. The van der Waals surface area contributed by atoms with Crippen LogP contribution in [0.4, 0.5) is 5.69 Å². The second kappa shape index (κ2) is 7.05. The van der Waals surface area contributed by atoms with E-state index in [0.717, 1.165) is 39.4 Å². The second-order valence-corrected chi connectivity index (χ2v) is 4.30. The molecule has 1 aliphatic rings. The second-order valence-electron chi connectivity index (χ2n) is 4.30. The van der Waals surface area contributed by atoms with Crippen molar-refractivity contribution in [1.82, 2.24) is 5.32 Å². The van der Waals surface area contributed by atoms with Crippen molar-refractivity contribution in [2.24, 2.45) is 0 Å². The van der Waals surface area contributed by atoms with Crippen LogP contribution in [0.15, 0.2) is 24.3 Å². The number of hydrogen-bond acceptors (Lipinski definition) is 3. The minimum atomic E-state index is 0.752. The fraction of sp³-hybridized carbons (Fsp3) is 0.467. The van der Waals surface area contributed by atoms with Gasteiger partial charge < -0.3 is 15.0 Å². The highest BCUT2D eigenvalue weighted by atomic mass is 16.5. The Morgan fingerprint density at radius 2 is 1.94 bits per heavy atom. The van der Waals surface area contributed by atoms with Gasteiger partial charge in [-0.05, 0) is 24.6 Å². The Bertz CT molecular complexity index is 410. The maximum Gasteiger partial charge on any atom is 0.0642 e. The SMILES string of the molecule is CC#CCNCc1ccc(N2CCOCC2)cc1. The van der Waals surface area contributed by atoms with E-state index in [9.17, 15) is 0 Å². The summed E-state index contributed by atoms with van der Waals surface area (Å²) in [7, 11) is 0. The third kappa shape index (κ3) is 3.76. The van der Waals surface area contributed by atoms with Crippen molar-refractivity contribution in [1.29, 1.82) is 0 Å². The summed E-state index contributed by atoms with van der Waals surface area (Å²) < 4.78 is 5.36. The van der Waals surface area contributed by atoms with Gasteiger partial charge in [0, 0.05) is 25.3 Å². The standard InChI is InChI=1S/C15H20N2O/c1-2-3-8-16-13-14-4-6-15(7-5-14)17-9-11-18-12-10-17/h4-7,16H,8-13H2,1H3. The van der Waals surface area contributed by atoms with Gasteiger partial charge in [-0.15, -0.1) is 5.92 Å². The van der Waals surface area contributed by atoms with E-state index < -0.39 is 0 Å². The molecule has 1 N–H and O–H groups in total. The van der Waals surface area contributed by atoms with Gasteiger partial charge in [0.2, 0.25) is 0 Å². The minimum Gasteiger partial charge on any atom is -0.378 e. The maximum absolute atomic E-state index is 5.36. The topological polar surface area (TPSA) is 24.5 Å². The lowest BCUT2D eigenvalue weighted by Crippen LogP contribution is -2.36. The zero-order valence-corrected chi connectivity index (χ0v) is 10.9. The van der Waals surface area contributed by atoms with Gasteiger partial charge in [0.25, 0.3) is 0 Å². The number of hydrogen-bond donors (Lipinski definition) is 1.